The maximum Gasteiger partial charge on any atom is 0.251 e. The number of piperidine rings is 1. The van der Waals surface area contributed by atoms with E-state index in [9.17, 15) is 4.79 Å². The Morgan fingerprint density at radius 3 is 3.08 bits per heavy atom. The summed E-state index contributed by atoms with van der Waals surface area (Å²) in [6, 6.07) is 7.68. The third-order valence-electron chi connectivity index (χ3n) is 4.98. The van der Waals surface area contributed by atoms with Gasteiger partial charge in [0.05, 0.1) is 5.52 Å². The third-order valence-corrected chi connectivity index (χ3v) is 5.81. The molecule has 1 atom stereocenters. The van der Waals surface area contributed by atoms with Gasteiger partial charge < -0.3 is 10.2 Å². The molecule has 1 unspecified atom stereocenters. The Morgan fingerprint density at radius 2 is 2.23 bits per heavy atom. The standard InChI is InChI=1S/C20H22N4OS/c1-14-6-7-21-18-5-4-16(11-17(14)18)19(25)23-12-15-3-2-9-24(13-15)20-22-8-10-26-20/h4-8,10-11,15H,2-3,9,12-13H2,1H3,(H,23,25). The monoisotopic (exact) mass is 366 g/mol. The van der Waals surface area contributed by atoms with Crippen molar-refractivity contribution in [3.8, 4) is 0 Å². The van der Waals surface area contributed by atoms with E-state index in [1.807, 2.05) is 42.8 Å². The molecule has 1 aromatic carbocycles. The van der Waals surface area contributed by atoms with Gasteiger partial charge in [0.15, 0.2) is 5.13 Å². The first kappa shape index (κ1) is 17.0. The van der Waals surface area contributed by atoms with E-state index in [-0.39, 0.29) is 5.91 Å². The number of carbonyl (C=O) groups excluding carboxylic acids is 1. The Morgan fingerprint density at radius 1 is 1.31 bits per heavy atom. The molecule has 1 aliphatic heterocycles. The summed E-state index contributed by atoms with van der Waals surface area (Å²) in [4.78, 5) is 23.7. The summed E-state index contributed by atoms with van der Waals surface area (Å²) >= 11 is 1.68. The van der Waals surface area contributed by atoms with Gasteiger partial charge in [-0.3, -0.25) is 9.78 Å². The summed E-state index contributed by atoms with van der Waals surface area (Å²) < 4.78 is 0. The fraction of sp³-hybridized carbons (Fsp3) is 0.350. The SMILES string of the molecule is Cc1ccnc2ccc(C(=O)NCC3CCCN(c4nccs4)C3)cc12. The molecule has 1 fully saturated rings. The van der Waals surface area contributed by atoms with Gasteiger partial charge in [0.2, 0.25) is 0 Å². The van der Waals surface area contributed by atoms with Crippen molar-refractivity contribution in [1.82, 2.24) is 15.3 Å². The first-order valence-corrected chi connectivity index (χ1v) is 9.86. The molecule has 0 bridgehead atoms. The normalized spacial score (nSPS) is 17.4. The predicted molar refractivity (Wildman–Crippen MR) is 106 cm³/mol. The number of aryl methyl sites for hydroxylation is 1. The van der Waals surface area contributed by atoms with Crippen LogP contribution >= 0.6 is 11.3 Å². The molecule has 0 radical (unpaired) electrons. The molecule has 4 rings (SSSR count). The van der Waals surface area contributed by atoms with E-state index in [0.29, 0.717) is 18.0 Å². The molecule has 134 valence electrons. The fourth-order valence-corrected chi connectivity index (χ4v) is 4.22. The number of anilines is 1. The molecule has 0 aliphatic carbocycles. The van der Waals surface area contributed by atoms with E-state index >= 15 is 0 Å². The number of rotatable bonds is 4. The van der Waals surface area contributed by atoms with Gasteiger partial charge in [-0.1, -0.05) is 0 Å². The molecule has 1 saturated heterocycles. The van der Waals surface area contributed by atoms with Crippen LogP contribution in [0.2, 0.25) is 0 Å². The van der Waals surface area contributed by atoms with Crippen LogP contribution in [0.15, 0.2) is 42.0 Å². The molecular weight excluding hydrogens is 344 g/mol. The number of pyridine rings is 1. The highest BCUT2D eigenvalue weighted by molar-refractivity contribution is 7.13. The molecule has 3 heterocycles. The molecular formula is C20H22N4OS. The zero-order valence-electron chi connectivity index (χ0n) is 14.8. The van der Waals surface area contributed by atoms with Crippen LogP contribution < -0.4 is 10.2 Å². The number of hydrogen-bond donors (Lipinski definition) is 1. The molecule has 0 spiro atoms. The Bertz CT molecular complexity index is 909. The van der Waals surface area contributed by atoms with Crippen LogP contribution in [0.25, 0.3) is 10.9 Å². The summed E-state index contributed by atoms with van der Waals surface area (Å²) in [6.45, 7) is 4.75. The highest BCUT2D eigenvalue weighted by atomic mass is 32.1. The lowest BCUT2D eigenvalue weighted by molar-refractivity contribution is 0.0946. The van der Waals surface area contributed by atoms with Crippen molar-refractivity contribution in [1.29, 1.82) is 0 Å². The molecule has 6 heteroatoms. The zero-order valence-corrected chi connectivity index (χ0v) is 15.6. The molecule has 2 aromatic heterocycles. The first-order chi connectivity index (χ1) is 12.7. The number of hydrogen-bond acceptors (Lipinski definition) is 5. The van der Waals surface area contributed by atoms with Gasteiger partial charge in [-0.15, -0.1) is 11.3 Å². The molecule has 1 amide bonds. The highest BCUT2D eigenvalue weighted by Gasteiger charge is 2.22. The second kappa shape index (κ2) is 7.41. The van der Waals surface area contributed by atoms with Crippen LogP contribution in [0.4, 0.5) is 5.13 Å². The first-order valence-electron chi connectivity index (χ1n) is 8.99. The fourth-order valence-electron chi connectivity index (χ4n) is 3.54. The number of benzene rings is 1. The maximum atomic E-state index is 12.6. The summed E-state index contributed by atoms with van der Waals surface area (Å²) in [5, 5.41) is 7.24. The topological polar surface area (TPSA) is 58.1 Å². The van der Waals surface area contributed by atoms with Gasteiger partial charge in [-0.2, -0.15) is 0 Å². The van der Waals surface area contributed by atoms with E-state index in [1.165, 1.54) is 0 Å². The van der Waals surface area contributed by atoms with Crippen LogP contribution in [0.5, 0.6) is 0 Å². The van der Waals surface area contributed by atoms with E-state index < -0.39 is 0 Å². The van der Waals surface area contributed by atoms with Crippen molar-refractivity contribution in [3.05, 3.63) is 53.2 Å². The minimum absolute atomic E-state index is 0.0125. The molecule has 26 heavy (non-hydrogen) atoms. The van der Waals surface area contributed by atoms with Gasteiger partial charge in [-0.05, 0) is 55.5 Å². The number of thiazole rings is 1. The van der Waals surface area contributed by atoms with Crippen LogP contribution in [0.1, 0.15) is 28.8 Å². The Labute approximate surface area is 157 Å². The van der Waals surface area contributed by atoms with Crippen molar-refractivity contribution >= 4 is 33.3 Å². The van der Waals surface area contributed by atoms with Crippen molar-refractivity contribution in [2.45, 2.75) is 19.8 Å². The third kappa shape index (κ3) is 3.55. The van der Waals surface area contributed by atoms with Crippen molar-refractivity contribution in [2.24, 2.45) is 5.92 Å². The Kier molecular flexibility index (Phi) is 4.84. The van der Waals surface area contributed by atoms with E-state index in [4.69, 9.17) is 0 Å². The zero-order chi connectivity index (χ0) is 17.9. The van der Waals surface area contributed by atoms with E-state index in [0.717, 1.165) is 47.5 Å². The maximum absolute atomic E-state index is 12.6. The van der Waals surface area contributed by atoms with Crippen molar-refractivity contribution in [2.75, 3.05) is 24.5 Å². The summed E-state index contributed by atoms with van der Waals surface area (Å²) in [6.07, 6.45) is 5.93. The molecule has 3 aromatic rings. The summed E-state index contributed by atoms with van der Waals surface area (Å²) in [7, 11) is 0. The second-order valence-electron chi connectivity index (χ2n) is 6.84. The average Bonchev–Trinajstić information content (AvgIpc) is 3.21. The van der Waals surface area contributed by atoms with Gasteiger partial charge in [-0.25, -0.2) is 4.98 Å². The van der Waals surface area contributed by atoms with Gasteiger partial charge in [0.25, 0.3) is 5.91 Å². The van der Waals surface area contributed by atoms with Gasteiger partial charge in [0, 0.05) is 48.4 Å². The molecule has 5 nitrogen and oxygen atoms in total. The van der Waals surface area contributed by atoms with Crippen LogP contribution in [-0.2, 0) is 0 Å². The number of carbonyl (C=O) groups is 1. The van der Waals surface area contributed by atoms with Crippen LogP contribution in [0.3, 0.4) is 0 Å². The summed E-state index contributed by atoms with van der Waals surface area (Å²) in [5.74, 6) is 0.446. The van der Waals surface area contributed by atoms with Gasteiger partial charge in [0.1, 0.15) is 0 Å². The van der Waals surface area contributed by atoms with Crippen LogP contribution in [0, 0.1) is 12.8 Å². The van der Waals surface area contributed by atoms with E-state index in [1.54, 1.807) is 17.5 Å². The minimum Gasteiger partial charge on any atom is -0.352 e. The van der Waals surface area contributed by atoms with Crippen LogP contribution in [-0.4, -0.2) is 35.5 Å². The average molecular weight is 366 g/mol. The lowest BCUT2D eigenvalue weighted by atomic mass is 9.98. The lowest BCUT2D eigenvalue weighted by Gasteiger charge is -2.32. The largest absolute Gasteiger partial charge is 0.352 e. The molecule has 0 saturated carbocycles. The number of aromatic nitrogens is 2. The number of amides is 1. The van der Waals surface area contributed by atoms with Crippen molar-refractivity contribution < 1.29 is 4.79 Å². The smallest absolute Gasteiger partial charge is 0.251 e. The highest BCUT2D eigenvalue weighted by Crippen LogP contribution is 2.24. The molecule has 1 aliphatic rings. The van der Waals surface area contributed by atoms with E-state index in [2.05, 4.69) is 20.2 Å². The Balaban J connectivity index is 1.40. The predicted octanol–water partition coefficient (Wildman–Crippen LogP) is 3.65. The van der Waals surface area contributed by atoms with Crippen molar-refractivity contribution in [3.63, 3.8) is 0 Å². The number of nitrogens with zero attached hydrogens (tertiary/aromatic N) is 3. The molecule has 1 N–H and O–H groups in total. The Hall–Kier alpha value is -2.47. The minimum atomic E-state index is -0.0125. The van der Waals surface area contributed by atoms with Gasteiger partial charge >= 0.3 is 0 Å². The second-order valence-corrected chi connectivity index (χ2v) is 7.71. The summed E-state index contributed by atoms with van der Waals surface area (Å²) in [5.41, 5.74) is 2.75. The quantitative estimate of drug-likeness (QED) is 0.766. The number of fused-ring (bicyclic) bond motifs is 1. The lowest BCUT2D eigenvalue weighted by Crippen LogP contribution is -2.41. The number of nitrogens with one attached hydrogen (secondary N) is 1.